The molecule has 0 spiro atoms. The summed E-state index contributed by atoms with van der Waals surface area (Å²) in [7, 11) is 0. The van der Waals surface area contributed by atoms with Gasteiger partial charge in [0.2, 0.25) is 5.95 Å². The standard InChI is InChI=1S/C19H19FN6O2.H2S/c1-12-8-25(11-22-12)16-3-2-13(6-15(16)20)23-19-21-7-17-18(24-19)26-4-5-27-9-14(26)10-28-17;/h2-3,6-8,11,14H,4-5,9-10H2,1H3,(H,21,23,24);1H2/t14-;/m0./s1. The first kappa shape index (κ1) is 19.5. The average molecular weight is 416 g/mol. The van der Waals surface area contributed by atoms with Gasteiger partial charge in [-0.25, -0.2) is 14.4 Å². The fourth-order valence-corrected chi connectivity index (χ4v) is 3.46. The van der Waals surface area contributed by atoms with E-state index in [1.165, 1.54) is 6.07 Å². The first-order chi connectivity index (χ1) is 13.7. The van der Waals surface area contributed by atoms with Crippen LogP contribution in [-0.4, -0.2) is 51.9 Å². The lowest BCUT2D eigenvalue weighted by Gasteiger charge is -2.40. The number of hydrogen-bond acceptors (Lipinski definition) is 7. The van der Waals surface area contributed by atoms with E-state index in [0.29, 0.717) is 42.9 Å². The summed E-state index contributed by atoms with van der Waals surface area (Å²) in [5.41, 5.74) is 1.82. The number of fused-ring (bicyclic) bond motifs is 3. The van der Waals surface area contributed by atoms with E-state index in [-0.39, 0.29) is 25.4 Å². The molecule has 3 aromatic rings. The van der Waals surface area contributed by atoms with Crippen LogP contribution in [0.1, 0.15) is 5.69 Å². The van der Waals surface area contributed by atoms with Crippen molar-refractivity contribution in [3.05, 3.63) is 48.4 Å². The lowest BCUT2D eigenvalue weighted by molar-refractivity contribution is 0.0696. The smallest absolute Gasteiger partial charge is 0.229 e. The Labute approximate surface area is 174 Å². The molecule has 0 bridgehead atoms. The molecule has 0 amide bonds. The monoisotopic (exact) mass is 416 g/mol. The molecule has 1 saturated heterocycles. The van der Waals surface area contributed by atoms with Gasteiger partial charge in [0.1, 0.15) is 12.4 Å². The van der Waals surface area contributed by atoms with E-state index in [4.69, 9.17) is 9.47 Å². The fourth-order valence-electron chi connectivity index (χ4n) is 3.46. The molecule has 10 heteroatoms. The van der Waals surface area contributed by atoms with Crippen molar-refractivity contribution in [3.63, 3.8) is 0 Å². The molecule has 0 aliphatic carbocycles. The van der Waals surface area contributed by atoms with Crippen LogP contribution in [-0.2, 0) is 4.74 Å². The number of nitrogens with zero attached hydrogens (tertiary/aromatic N) is 5. The maximum Gasteiger partial charge on any atom is 0.229 e. The van der Waals surface area contributed by atoms with Gasteiger partial charge in [-0.3, -0.25) is 0 Å². The van der Waals surface area contributed by atoms with Crippen molar-refractivity contribution < 1.29 is 13.9 Å². The second-order valence-corrected chi connectivity index (χ2v) is 6.83. The maximum absolute atomic E-state index is 14.6. The topological polar surface area (TPSA) is 77.3 Å². The molecule has 0 saturated carbocycles. The minimum atomic E-state index is -0.364. The van der Waals surface area contributed by atoms with Crippen LogP contribution in [0.2, 0.25) is 0 Å². The van der Waals surface area contributed by atoms with Crippen molar-refractivity contribution in [1.29, 1.82) is 0 Å². The number of nitrogens with one attached hydrogen (secondary N) is 1. The summed E-state index contributed by atoms with van der Waals surface area (Å²) in [5.74, 6) is 1.42. The largest absolute Gasteiger partial charge is 0.486 e. The van der Waals surface area contributed by atoms with E-state index < -0.39 is 0 Å². The van der Waals surface area contributed by atoms with Gasteiger partial charge < -0.3 is 24.3 Å². The zero-order chi connectivity index (χ0) is 19.1. The van der Waals surface area contributed by atoms with Gasteiger partial charge in [-0.05, 0) is 25.1 Å². The highest BCUT2D eigenvalue weighted by Gasteiger charge is 2.32. The van der Waals surface area contributed by atoms with Crippen LogP contribution < -0.4 is 15.0 Å². The van der Waals surface area contributed by atoms with Crippen LogP contribution in [0, 0.1) is 12.7 Å². The third-order valence-electron chi connectivity index (χ3n) is 4.86. The summed E-state index contributed by atoms with van der Waals surface area (Å²) < 4.78 is 27.5. The first-order valence-electron chi connectivity index (χ1n) is 9.09. The predicted molar refractivity (Wildman–Crippen MR) is 111 cm³/mol. The van der Waals surface area contributed by atoms with Crippen LogP contribution in [0.3, 0.4) is 0 Å². The van der Waals surface area contributed by atoms with Gasteiger partial charge in [0.15, 0.2) is 11.6 Å². The van der Waals surface area contributed by atoms with Crippen molar-refractivity contribution in [3.8, 4) is 11.4 Å². The van der Waals surface area contributed by atoms with Gasteiger partial charge in [-0.1, -0.05) is 0 Å². The quantitative estimate of drug-likeness (QED) is 0.703. The van der Waals surface area contributed by atoms with E-state index in [2.05, 4.69) is 25.2 Å². The minimum absolute atomic E-state index is 0. The van der Waals surface area contributed by atoms with Crippen LogP contribution in [0.4, 0.5) is 21.8 Å². The predicted octanol–water partition coefficient (Wildman–Crippen LogP) is 2.56. The molecule has 2 aliphatic rings. The Kier molecular flexibility index (Phi) is 5.29. The number of anilines is 3. The number of aromatic nitrogens is 4. The van der Waals surface area contributed by atoms with Gasteiger partial charge in [-0.15, -0.1) is 0 Å². The van der Waals surface area contributed by atoms with E-state index in [1.807, 2.05) is 6.92 Å². The summed E-state index contributed by atoms with van der Waals surface area (Å²) in [6, 6.07) is 5.05. The lowest BCUT2D eigenvalue weighted by Crippen LogP contribution is -2.51. The second-order valence-electron chi connectivity index (χ2n) is 6.83. The maximum atomic E-state index is 14.6. The number of aryl methyl sites for hydroxylation is 1. The van der Waals surface area contributed by atoms with Gasteiger partial charge >= 0.3 is 0 Å². The molecule has 4 heterocycles. The molecule has 29 heavy (non-hydrogen) atoms. The van der Waals surface area contributed by atoms with E-state index in [0.717, 1.165) is 18.1 Å². The van der Waals surface area contributed by atoms with Crippen LogP contribution >= 0.6 is 13.5 Å². The van der Waals surface area contributed by atoms with Gasteiger partial charge in [0.25, 0.3) is 0 Å². The number of imidazole rings is 1. The summed E-state index contributed by atoms with van der Waals surface area (Å²) in [5, 5.41) is 3.07. The number of hydrogen-bond donors (Lipinski definition) is 1. The van der Waals surface area contributed by atoms with Gasteiger partial charge in [-0.2, -0.15) is 18.5 Å². The summed E-state index contributed by atoms with van der Waals surface area (Å²) in [4.78, 5) is 15.2. The molecule has 1 aromatic carbocycles. The number of morpholine rings is 1. The van der Waals surface area contributed by atoms with Gasteiger partial charge in [0.05, 0.1) is 43.2 Å². The zero-order valence-corrected chi connectivity index (χ0v) is 16.8. The van der Waals surface area contributed by atoms with E-state index in [9.17, 15) is 4.39 Å². The SMILES string of the molecule is Cc1cn(-c2ccc(Nc3ncc4c(n3)N3CCOC[C@H]3CO4)cc2F)cn1.S. The number of benzene rings is 1. The molecule has 1 atom stereocenters. The fraction of sp³-hybridized carbons (Fsp3) is 0.316. The molecule has 0 radical (unpaired) electrons. The highest BCUT2D eigenvalue weighted by Crippen LogP contribution is 2.33. The lowest BCUT2D eigenvalue weighted by atomic mass is 10.2. The Morgan fingerprint density at radius 1 is 1.24 bits per heavy atom. The molecule has 1 fully saturated rings. The Balaban J connectivity index is 0.00000205. The molecule has 2 aromatic heterocycles. The van der Waals surface area contributed by atoms with Crippen molar-refractivity contribution in [2.75, 3.05) is 36.6 Å². The molecule has 0 unspecified atom stereocenters. The Bertz CT molecular complexity index is 1030. The minimum Gasteiger partial charge on any atom is -0.486 e. The van der Waals surface area contributed by atoms with Crippen molar-refractivity contribution in [2.24, 2.45) is 0 Å². The third-order valence-corrected chi connectivity index (χ3v) is 4.86. The Hall–Kier alpha value is -2.85. The number of halogens is 1. The number of rotatable bonds is 3. The van der Waals surface area contributed by atoms with Gasteiger partial charge in [0, 0.05) is 18.4 Å². The molecular weight excluding hydrogens is 395 g/mol. The first-order valence-corrected chi connectivity index (χ1v) is 9.09. The Morgan fingerprint density at radius 2 is 2.14 bits per heavy atom. The van der Waals surface area contributed by atoms with Crippen LogP contribution in [0.15, 0.2) is 36.9 Å². The van der Waals surface area contributed by atoms with Crippen molar-refractivity contribution in [2.45, 2.75) is 13.0 Å². The second kappa shape index (κ2) is 7.88. The third kappa shape index (κ3) is 3.73. The molecular formula is C19H21FN6O2S. The summed E-state index contributed by atoms with van der Waals surface area (Å²) in [6.07, 6.45) is 5.01. The van der Waals surface area contributed by atoms with E-state index in [1.54, 1.807) is 35.4 Å². The highest BCUT2D eigenvalue weighted by atomic mass is 32.1. The normalized spacial score (nSPS) is 17.6. The summed E-state index contributed by atoms with van der Waals surface area (Å²) in [6.45, 7) is 4.45. The van der Waals surface area contributed by atoms with Crippen molar-refractivity contribution >= 4 is 30.9 Å². The zero-order valence-electron chi connectivity index (χ0n) is 15.8. The average Bonchev–Trinajstić information content (AvgIpc) is 3.14. The van der Waals surface area contributed by atoms with Crippen LogP contribution in [0.25, 0.3) is 5.69 Å². The molecule has 8 nitrogen and oxygen atoms in total. The Morgan fingerprint density at radius 3 is 2.93 bits per heavy atom. The van der Waals surface area contributed by atoms with Crippen LogP contribution in [0.5, 0.6) is 5.75 Å². The molecule has 5 rings (SSSR count). The van der Waals surface area contributed by atoms with E-state index >= 15 is 0 Å². The molecule has 152 valence electrons. The molecule has 1 N–H and O–H groups in total. The van der Waals surface area contributed by atoms with Crippen molar-refractivity contribution in [1.82, 2.24) is 19.5 Å². The summed E-state index contributed by atoms with van der Waals surface area (Å²) >= 11 is 0. The molecule has 2 aliphatic heterocycles. The highest BCUT2D eigenvalue weighted by molar-refractivity contribution is 7.59. The number of ether oxygens (including phenoxy) is 2.